The minimum atomic E-state index is -0.937. The van der Waals surface area contributed by atoms with Gasteiger partial charge in [-0.15, -0.1) is 0 Å². The van der Waals surface area contributed by atoms with Crippen LogP contribution in [0.25, 0.3) is 56.4 Å². The lowest BCUT2D eigenvalue weighted by atomic mass is 9.82. The normalized spacial score (nSPS) is 12.8. The molecule has 0 spiro atoms. The average Bonchev–Trinajstić information content (AvgIpc) is 3.21. The fourth-order valence-corrected chi connectivity index (χ4v) is 6.15. The number of benzene rings is 5. The van der Waals surface area contributed by atoms with Gasteiger partial charge in [-0.2, -0.15) is 0 Å². The number of phenolic OH excluding ortho intramolecular Hbond substituents is 1. The number of esters is 1. The summed E-state index contributed by atoms with van der Waals surface area (Å²) in [5.74, 6) is 0.825. The molecule has 8 heteroatoms. The lowest BCUT2D eigenvalue weighted by Crippen LogP contribution is -2.35. The quantitative estimate of drug-likeness (QED) is 0.101. The maximum absolute atomic E-state index is 12.9. The van der Waals surface area contributed by atoms with E-state index in [-0.39, 0.29) is 30.5 Å². The van der Waals surface area contributed by atoms with Crippen LogP contribution in [0.2, 0.25) is 0 Å². The molecule has 1 aromatic heterocycles. The van der Waals surface area contributed by atoms with Crippen LogP contribution in [0.3, 0.4) is 0 Å². The Morgan fingerprint density at radius 2 is 1.17 bits per heavy atom. The minimum absolute atomic E-state index is 0.0557. The predicted molar refractivity (Wildman–Crippen MR) is 209 cm³/mol. The minimum Gasteiger partial charge on any atom is -0.507 e. The second-order valence-electron chi connectivity index (χ2n) is 13.4. The molecule has 5 aromatic carbocycles. The van der Waals surface area contributed by atoms with Crippen LogP contribution in [0.1, 0.15) is 46.5 Å². The van der Waals surface area contributed by atoms with Gasteiger partial charge in [-0.1, -0.05) is 136 Å². The molecule has 2 N–H and O–H groups in total. The van der Waals surface area contributed by atoms with Gasteiger partial charge in [0.2, 0.25) is 0 Å². The number of rotatable bonds is 15. The molecule has 1 heterocycles. The van der Waals surface area contributed by atoms with Gasteiger partial charge in [0.05, 0.1) is 18.8 Å². The molecule has 0 radical (unpaired) electrons. The van der Waals surface area contributed by atoms with Crippen LogP contribution >= 0.6 is 0 Å². The first kappa shape index (κ1) is 36.9. The topological polar surface area (TPSA) is 115 Å². The van der Waals surface area contributed by atoms with Gasteiger partial charge in [-0.25, -0.2) is 19.7 Å². The van der Waals surface area contributed by atoms with Crippen LogP contribution in [-0.2, 0) is 9.53 Å². The summed E-state index contributed by atoms with van der Waals surface area (Å²) < 4.78 is 11.5. The molecular weight excluding hydrogens is 663 g/mol. The van der Waals surface area contributed by atoms with Gasteiger partial charge in [0, 0.05) is 22.6 Å². The van der Waals surface area contributed by atoms with Gasteiger partial charge in [0.1, 0.15) is 11.5 Å². The second-order valence-corrected chi connectivity index (χ2v) is 13.4. The maximum Gasteiger partial charge on any atom is 0.347 e. The van der Waals surface area contributed by atoms with Crippen molar-refractivity contribution in [3.63, 3.8) is 0 Å². The van der Waals surface area contributed by atoms with Crippen molar-refractivity contribution >= 4 is 5.97 Å². The molecule has 6 rings (SSSR count). The first-order valence-electron chi connectivity index (χ1n) is 18.2. The standard InChI is InChI=1S/C45H45N3O5/c1-4-6-27-45(5-2,29-49)30-52-44(51)31(3)53-38-25-26-39(40(50)28-38)43-47-41(36-21-17-34(18-22-36)32-13-9-7-10-14-32)46-42(48-43)37-23-19-35(20-24-37)33-15-11-8-12-16-33/h7-26,28,31,49-50H,4-6,27,29-30H2,1-3H3. The van der Waals surface area contributed by atoms with E-state index in [0.717, 1.165) is 52.6 Å². The number of aromatic hydroxyl groups is 1. The van der Waals surface area contributed by atoms with Crippen molar-refractivity contribution in [3.05, 3.63) is 127 Å². The molecule has 6 aromatic rings. The largest absolute Gasteiger partial charge is 0.507 e. The van der Waals surface area contributed by atoms with E-state index in [1.807, 2.05) is 91.9 Å². The molecule has 0 bridgehead atoms. The number of carbonyl (C=O) groups is 1. The highest BCUT2D eigenvalue weighted by molar-refractivity contribution is 5.76. The van der Waals surface area contributed by atoms with Crippen molar-refractivity contribution in [1.82, 2.24) is 15.0 Å². The fraction of sp³-hybridized carbons (Fsp3) is 0.244. The number of aromatic nitrogens is 3. The molecule has 0 fully saturated rings. The highest BCUT2D eigenvalue weighted by Gasteiger charge is 2.30. The Morgan fingerprint density at radius 3 is 1.64 bits per heavy atom. The average molecular weight is 708 g/mol. The smallest absolute Gasteiger partial charge is 0.347 e. The van der Waals surface area contributed by atoms with Gasteiger partial charge in [0.15, 0.2) is 23.6 Å². The summed E-state index contributed by atoms with van der Waals surface area (Å²) in [5, 5.41) is 21.3. The summed E-state index contributed by atoms with van der Waals surface area (Å²) in [4.78, 5) is 27.4. The Hall–Kier alpha value is -5.86. The molecule has 270 valence electrons. The Labute approximate surface area is 311 Å². The zero-order valence-electron chi connectivity index (χ0n) is 30.4. The summed E-state index contributed by atoms with van der Waals surface area (Å²) in [7, 11) is 0. The lowest BCUT2D eigenvalue weighted by Gasteiger charge is -2.30. The van der Waals surface area contributed by atoms with E-state index in [1.165, 1.54) is 6.07 Å². The SMILES string of the molecule is CCCCC(CC)(CO)COC(=O)C(C)Oc1ccc(-c2nc(-c3ccc(-c4ccccc4)cc3)nc(-c3ccc(-c4ccccc4)cc3)n2)c(O)c1. The molecule has 2 atom stereocenters. The number of aliphatic hydroxyl groups excluding tert-OH is 1. The number of aliphatic hydroxyl groups is 1. The summed E-state index contributed by atoms with van der Waals surface area (Å²) >= 11 is 0. The third-order valence-electron chi connectivity index (χ3n) is 9.66. The molecule has 8 nitrogen and oxygen atoms in total. The molecule has 0 amide bonds. The predicted octanol–water partition coefficient (Wildman–Crippen LogP) is 9.80. The zero-order valence-corrected chi connectivity index (χ0v) is 30.4. The van der Waals surface area contributed by atoms with Crippen molar-refractivity contribution in [2.75, 3.05) is 13.2 Å². The Morgan fingerprint density at radius 1 is 0.679 bits per heavy atom. The third-order valence-corrected chi connectivity index (χ3v) is 9.66. The number of unbranched alkanes of at least 4 members (excludes halogenated alkanes) is 1. The maximum atomic E-state index is 12.9. The van der Waals surface area contributed by atoms with Crippen molar-refractivity contribution in [1.29, 1.82) is 0 Å². The van der Waals surface area contributed by atoms with Gasteiger partial charge < -0.3 is 19.7 Å². The van der Waals surface area contributed by atoms with Gasteiger partial charge in [-0.05, 0) is 54.2 Å². The summed E-state index contributed by atoms with van der Waals surface area (Å²) in [6.07, 6.45) is 2.46. The molecule has 2 unspecified atom stereocenters. The molecule has 0 saturated carbocycles. The molecule has 0 aliphatic heterocycles. The fourth-order valence-electron chi connectivity index (χ4n) is 6.15. The number of ether oxygens (including phenoxy) is 2. The van der Waals surface area contributed by atoms with E-state index < -0.39 is 17.5 Å². The molecule has 0 aliphatic rings. The number of hydrogen-bond acceptors (Lipinski definition) is 8. The molecular formula is C45H45N3O5. The first-order chi connectivity index (χ1) is 25.8. The van der Waals surface area contributed by atoms with Crippen molar-refractivity contribution in [3.8, 4) is 67.9 Å². The van der Waals surface area contributed by atoms with E-state index in [2.05, 4.69) is 31.2 Å². The number of hydrogen-bond donors (Lipinski definition) is 2. The summed E-state index contributed by atoms with van der Waals surface area (Å²) in [6, 6.07) is 41.1. The number of carbonyl (C=O) groups excluding carboxylic acids is 1. The molecule has 0 aliphatic carbocycles. The van der Waals surface area contributed by atoms with Crippen LogP contribution < -0.4 is 4.74 Å². The Kier molecular flexibility index (Phi) is 11.9. The summed E-state index contributed by atoms with van der Waals surface area (Å²) in [5.41, 5.74) is 5.86. The zero-order chi connectivity index (χ0) is 37.2. The monoisotopic (exact) mass is 707 g/mol. The van der Waals surface area contributed by atoms with Crippen molar-refractivity contribution in [2.24, 2.45) is 5.41 Å². The van der Waals surface area contributed by atoms with Crippen LogP contribution in [-0.4, -0.2) is 50.5 Å². The van der Waals surface area contributed by atoms with Crippen LogP contribution in [0.5, 0.6) is 11.5 Å². The highest BCUT2D eigenvalue weighted by Crippen LogP contribution is 2.34. The van der Waals surface area contributed by atoms with Crippen molar-refractivity contribution in [2.45, 2.75) is 52.6 Å². The van der Waals surface area contributed by atoms with E-state index >= 15 is 0 Å². The van der Waals surface area contributed by atoms with Gasteiger partial charge in [0.25, 0.3) is 0 Å². The first-order valence-corrected chi connectivity index (χ1v) is 18.2. The second kappa shape index (κ2) is 17.1. The highest BCUT2D eigenvalue weighted by atomic mass is 16.6. The van der Waals surface area contributed by atoms with Crippen LogP contribution in [0.4, 0.5) is 0 Å². The van der Waals surface area contributed by atoms with E-state index in [1.54, 1.807) is 19.1 Å². The number of phenols is 1. The molecule has 0 saturated heterocycles. The number of nitrogens with zero attached hydrogens (tertiary/aromatic N) is 3. The van der Waals surface area contributed by atoms with E-state index in [4.69, 9.17) is 24.4 Å². The van der Waals surface area contributed by atoms with E-state index in [9.17, 15) is 15.0 Å². The third kappa shape index (κ3) is 8.96. The van der Waals surface area contributed by atoms with Crippen molar-refractivity contribution < 1.29 is 24.5 Å². The van der Waals surface area contributed by atoms with Gasteiger partial charge in [-0.3, -0.25) is 0 Å². The van der Waals surface area contributed by atoms with Crippen LogP contribution in [0, 0.1) is 5.41 Å². The Bertz CT molecular complexity index is 2000. The molecule has 53 heavy (non-hydrogen) atoms. The van der Waals surface area contributed by atoms with Crippen LogP contribution in [0.15, 0.2) is 127 Å². The van der Waals surface area contributed by atoms with Gasteiger partial charge >= 0.3 is 5.97 Å². The van der Waals surface area contributed by atoms with E-state index in [0.29, 0.717) is 23.6 Å². The Balaban J connectivity index is 1.27. The summed E-state index contributed by atoms with van der Waals surface area (Å²) in [6.45, 7) is 5.74. The lowest BCUT2D eigenvalue weighted by molar-refractivity contribution is -0.156.